The third-order valence-electron chi connectivity index (χ3n) is 4.16. The number of halogens is 1. The Balaban J connectivity index is 1.51. The summed E-state index contributed by atoms with van der Waals surface area (Å²) < 4.78 is 11.5. The van der Waals surface area contributed by atoms with Gasteiger partial charge in [0.05, 0.1) is 11.6 Å². The van der Waals surface area contributed by atoms with Crippen LogP contribution in [0.4, 0.5) is 0 Å². The summed E-state index contributed by atoms with van der Waals surface area (Å²) in [4.78, 5) is 12.4. The summed E-state index contributed by atoms with van der Waals surface area (Å²) in [5.41, 5.74) is 0. The quantitative estimate of drug-likeness (QED) is 0.566. The zero-order chi connectivity index (χ0) is 19.1. The summed E-state index contributed by atoms with van der Waals surface area (Å²) >= 11 is 6.04. The molecule has 0 bridgehead atoms. The first-order valence-corrected chi connectivity index (χ1v) is 9.35. The van der Waals surface area contributed by atoms with Crippen molar-refractivity contribution in [2.75, 3.05) is 13.2 Å². The van der Waals surface area contributed by atoms with Gasteiger partial charge in [-0.15, -0.1) is 0 Å². The number of amides is 1. The van der Waals surface area contributed by atoms with Gasteiger partial charge in [0.25, 0.3) is 5.91 Å². The number of carbonyl (C=O) groups is 1. The second kappa shape index (κ2) is 9.28. The molecule has 0 unspecified atom stereocenters. The summed E-state index contributed by atoms with van der Waals surface area (Å²) in [5.74, 6) is 1.13. The molecule has 0 aliphatic heterocycles. The van der Waals surface area contributed by atoms with E-state index in [-0.39, 0.29) is 5.91 Å². The van der Waals surface area contributed by atoms with E-state index in [0.717, 1.165) is 10.8 Å². The monoisotopic (exact) mass is 383 g/mol. The van der Waals surface area contributed by atoms with Crippen LogP contribution in [0.15, 0.2) is 66.7 Å². The molecule has 0 spiro atoms. The fourth-order valence-corrected chi connectivity index (χ4v) is 2.93. The van der Waals surface area contributed by atoms with Gasteiger partial charge in [-0.3, -0.25) is 4.79 Å². The van der Waals surface area contributed by atoms with Gasteiger partial charge in [0.2, 0.25) is 0 Å². The van der Waals surface area contributed by atoms with Crippen molar-refractivity contribution in [3.63, 3.8) is 0 Å². The number of hydrogen-bond donors (Lipinski definition) is 1. The minimum Gasteiger partial charge on any atom is -0.490 e. The molecule has 3 aromatic rings. The molecule has 5 heteroatoms. The molecule has 140 valence electrons. The van der Waals surface area contributed by atoms with Crippen molar-refractivity contribution in [2.45, 2.75) is 19.4 Å². The summed E-state index contributed by atoms with van der Waals surface area (Å²) in [6, 6.07) is 21.1. The van der Waals surface area contributed by atoms with Gasteiger partial charge < -0.3 is 14.8 Å². The second-order valence-corrected chi connectivity index (χ2v) is 6.50. The van der Waals surface area contributed by atoms with Gasteiger partial charge in [-0.05, 0) is 41.5 Å². The van der Waals surface area contributed by atoms with E-state index in [1.807, 2.05) is 61.5 Å². The fraction of sp³-hybridized carbons (Fsp3) is 0.227. The fourth-order valence-electron chi connectivity index (χ4n) is 2.74. The van der Waals surface area contributed by atoms with E-state index in [9.17, 15) is 4.79 Å². The lowest BCUT2D eigenvalue weighted by Crippen LogP contribution is -2.39. The van der Waals surface area contributed by atoms with E-state index in [1.165, 1.54) is 0 Å². The van der Waals surface area contributed by atoms with Crippen molar-refractivity contribution < 1.29 is 14.3 Å². The third kappa shape index (κ3) is 5.14. The van der Waals surface area contributed by atoms with Gasteiger partial charge in [-0.1, -0.05) is 61.0 Å². The SMILES string of the molecule is CC[C@@H](Oc1ccc2ccccc2c1)C(=O)NCCOc1ccccc1Cl. The van der Waals surface area contributed by atoms with Gasteiger partial charge in [0.15, 0.2) is 6.10 Å². The Morgan fingerprint density at radius 3 is 2.56 bits per heavy atom. The number of hydrogen-bond acceptors (Lipinski definition) is 3. The molecule has 0 fully saturated rings. The summed E-state index contributed by atoms with van der Waals surface area (Å²) in [6.45, 7) is 2.63. The molecule has 0 aliphatic rings. The Bertz CT molecular complexity index is 913. The van der Waals surface area contributed by atoms with Crippen LogP contribution in [0.25, 0.3) is 10.8 Å². The normalized spacial score (nSPS) is 11.8. The molecule has 3 rings (SSSR count). The number of ether oxygens (including phenoxy) is 2. The summed E-state index contributed by atoms with van der Waals surface area (Å²) in [6.07, 6.45) is 0.0239. The van der Waals surface area contributed by atoms with E-state index < -0.39 is 6.10 Å². The molecule has 0 aromatic heterocycles. The minimum absolute atomic E-state index is 0.159. The number of nitrogens with one attached hydrogen (secondary N) is 1. The van der Waals surface area contributed by atoms with E-state index in [0.29, 0.717) is 36.1 Å². The van der Waals surface area contributed by atoms with Crippen LogP contribution < -0.4 is 14.8 Å². The number of benzene rings is 3. The van der Waals surface area contributed by atoms with Crippen molar-refractivity contribution in [2.24, 2.45) is 0 Å². The molecule has 4 nitrogen and oxygen atoms in total. The highest BCUT2D eigenvalue weighted by molar-refractivity contribution is 6.32. The smallest absolute Gasteiger partial charge is 0.261 e. The Labute approximate surface area is 164 Å². The predicted octanol–water partition coefficient (Wildman–Crippen LogP) is 4.85. The van der Waals surface area contributed by atoms with E-state index in [1.54, 1.807) is 12.1 Å². The Morgan fingerprint density at radius 2 is 1.78 bits per heavy atom. The van der Waals surface area contributed by atoms with Crippen molar-refractivity contribution in [3.8, 4) is 11.5 Å². The maximum Gasteiger partial charge on any atom is 0.261 e. The molecular weight excluding hydrogens is 362 g/mol. The molecule has 0 heterocycles. The highest BCUT2D eigenvalue weighted by Crippen LogP contribution is 2.23. The van der Waals surface area contributed by atoms with Crippen LogP contribution in [0.3, 0.4) is 0 Å². The average molecular weight is 384 g/mol. The topological polar surface area (TPSA) is 47.6 Å². The van der Waals surface area contributed by atoms with Crippen molar-refractivity contribution in [3.05, 3.63) is 71.8 Å². The molecule has 3 aromatic carbocycles. The molecule has 27 heavy (non-hydrogen) atoms. The van der Waals surface area contributed by atoms with Crippen LogP contribution in [-0.2, 0) is 4.79 Å². The summed E-state index contributed by atoms with van der Waals surface area (Å²) in [5, 5.41) is 5.62. The van der Waals surface area contributed by atoms with Crippen molar-refractivity contribution in [1.29, 1.82) is 0 Å². The number of rotatable bonds is 8. The number of carbonyl (C=O) groups excluding carboxylic acids is 1. The second-order valence-electron chi connectivity index (χ2n) is 6.09. The van der Waals surface area contributed by atoms with Crippen LogP contribution in [0.1, 0.15) is 13.3 Å². The largest absolute Gasteiger partial charge is 0.490 e. The number of para-hydroxylation sites is 1. The zero-order valence-electron chi connectivity index (χ0n) is 15.2. The van der Waals surface area contributed by atoms with Crippen LogP contribution in [0.5, 0.6) is 11.5 Å². The van der Waals surface area contributed by atoms with Gasteiger partial charge in [0.1, 0.15) is 18.1 Å². The van der Waals surface area contributed by atoms with Gasteiger partial charge in [0, 0.05) is 0 Å². The molecule has 0 radical (unpaired) electrons. The van der Waals surface area contributed by atoms with Crippen molar-refractivity contribution in [1.82, 2.24) is 5.32 Å². The lowest BCUT2D eigenvalue weighted by Gasteiger charge is -2.18. The van der Waals surface area contributed by atoms with E-state index in [2.05, 4.69) is 5.32 Å². The molecule has 0 saturated carbocycles. The lowest BCUT2D eigenvalue weighted by molar-refractivity contribution is -0.128. The third-order valence-corrected chi connectivity index (χ3v) is 4.47. The molecule has 1 N–H and O–H groups in total. The molecule has 0 aliphatic carbocycles. The van der Waals surface area contributed by atoms with Gasteiger partial charge in [-0.2, -0.15) is 0 Å². The molecule has 0 saturated heterocycles. The summed E-state index contributed by atoms with van der Waals surface area (Å²) in [7, 11) is 0. The predicted molar refractivity (Wildman–Crippen MR) is 109 cm³/mol. The van der Waals surface area contributed by atoms with Gasteiger partial charge in [-0.25, -0.2) is 0 Å². The van der Waals surface area contributed by atoms with Crippen LogP contribution >= 0.6 is 11.6 Å². The molecular formula is C22H22ClNO3. The van der Waals surface area contributed by atoms with Gasteiger partial charge >= 0.3 is 0 Å². The lowest BCUT2D eigenvalue weighted by atomic mass is 10.1. The standard InChI is InChI=1S/C22H22ClNO3/c1-2-20(27-18-12-11-16-7-3-4-8-17(16)15-18)22(25)24-13-14-26-21-10-6-5-9-19(21)23/h3-12,15,20H,2,13-14H2,1H3,(H,24,25)/t20-/m1/s1. The molecule has 1 atom stereocenters. The van der Waals surface area contributed by atoms with Crippen LogP contribution in [0, 0.1) is 0 Å². The van der Waals surface area contributed by atoms with Crippen molar-refractivity contribution >= 4 is 28.3 Å². The van der Waals surface area contributed by atoms with Crippen LogP contribution in [-0.4, -0.2) is 25.2 Å². The maximum atomic E-state index is 12.4. The minimum atomic E-state index is -0.550. The zero-order valence-corrected chi connectivity index (χ0v) is 15.9. The highest BCUT2D eigenvalue weighted by atomic mass is 35.5. The first-order valence-electron chi connectivity index (χ1n) is 8.98. The first kappa shape index (κ1) is 19.1. The van der Waals surface area contributed by atoms with Crippen LogP contribution in [0.2, 0.25) is 5.02 Å². The maximum absolute atomic E-state index is 12.4. The number of fused-ring (bicyclic) bond motifs is 1. The Morgan fingerprint density at radius 1 is 1.04 bits per heavy atom. The highest BCUT2D eigenvalue weighted by Gasteiger charge is 2.18. The average Bonchev–Trinajstić information content (AvgIpc) is 2.70. The van der Waals surface area contributed by atoms with E-state index in [4.69, 9.17) is 21.1 Å². The Hall–Kier alpha value is -2.72. The molecule has 1 amide bonds. The first-order chi connectivity index (χ1) is 13.2. The van der Waals surface area contributed by atoms with E-state index >= 15 is 0 Å². The Kier molecular flexibility index (Phi) is 6.55.